The molecule has 1 heterocycles. The second-order valence-electron chi connectivity index (χ2n) is 4.31. The fourth-order valence-corrected chi connectivity index (χ4v) is 1.06. The van der Waals surface area contributed by atoms with Crippen LogP contribution in [0.3, 0.4) is 0 Å². The number of hydrogen-bond acceptors (Lipinski definition) is 4. The van der Waals surface area contributed by atoms with Gasteiger partial charge < -0.3 is 10.4 Å². The lowest BCUT2D eigenvalue weighted by molar-refractivity contribution is 0.156. The first kappa shape index (κ1) is 11.1. The summed E-state index contributed by atoms with van der Waals surface area (Å²) in [7, 11) is 1.84. The average molecular weight is 198 g/mol. The van der Waals surface area contributed by atoms with E-state index < -0.39 is 0 Å². The minimum Gasteiger partial charge on any atom is -0.396 e. The maximum Gasteiger partial charge on any atom is 0.0964 e. The summed E-state index contributed by atoms with van der Waals surface area (Å²) >= 11 is 0. The van der Waals surface area contributed by atoms with E-state index in [0.717, 1.165) is 12.2 Å². The molecule has 0 aromatic carbocycles. The first-order valence-corrected chi connectivity index (χ1v) is 4.70. The largest absolute Gasteiger partial charge is 0.396 e. The Hall–Kier alpha value is -0.940. The van der Waals surface area contributed by atoms with Crippen LogP contribution in [0.15, 0.2) is 6.20 Å². The second-order valence-corrected chi connectivity index (χ2v) is 4.31. The summed E-state index contributed by atoms with van der Waals surface area (Å²) in [6.45, 7) is 5.66. The number of hydrogen-bond donors (Lipinski definition) is 2. The number of nitrogens with zero attached hydrogens (tertiary/aromatic N) is 3. The van der Waals surface area contributed by atoms with Gasteiger partial charge in [-0.15, -0.1) is 5.10 Å². The minimum absolute atomic E-state index is 0.0811. The van der Waals surface area contributed by atoms with Crippen molar-refractivity contribution < 1.29 is 5.11 Å². The van der Waals surface area contributed by atoms with Gasteiger partial charge in [0.05, 0.1) is 5.69 Å². The van der Waals surface area contributed by atoms with Crippen LogP contribution in [-0.4, -0.2) is 33.3 Å². The Morgan fingerprint density at radius 1 is 1.57 bits per heavy atom. The molecular formula is C9H18N4O. The van der Waals surface area contributed by atoms with Gasteiger partial charge in [-0.25, -0.2) is 0 Å². The van der Waals surface area contributed by atoms with Crippen molar-refractivity contribution in [1.82, 2.24) is 20.3 Å². The zero-order valence-corrected chi connectivity index (χ0v) is 8.99. The average Bonchev–Trinajstić information content (AvgIpc) is 2.51. The van der Waals surface area contributed by atoms with Crippen LogP contribution in [-0.2, 0) is 13.6 Å². The summed E-state index contributed by atoms with van der Waals surface area (Å²) in [4.78, 5) is 0. The van der Waals surface area contributed by atoms with Crippen molar-refractivity contribution in [1.29, 1.82) is 0 Å². The van der Waals surface area contributed by atoms with Gasteiger partial charge in [-0.1, -0.05) is 19.1 Å². The minimum atomic E-state index is -0.0811. The van der Waals surface area contributed by atoms with Crippen molar-refractivity contribution in [3.05, 3.63) is 11.9 Å². The standard InChI is InChI=1S/C9H18N4O/c1-9(2,7-14)6-10-4-8-5-13(3)12-11-8/h5,10,14H,4,6-7H2,1-3H3. The molecule has 0 bridgehead atoms. The summed E-state index contributed by atoms with van der Waals surface area (Å²) in [6, 6.07) is 0. The lowest BCUT2D eigenvalue weighted by Crippen LogP contribution is -2.31. The van der Waals surface area contributed by atoms with E-state index in [9.17, 15) is 0 Å². The number of aliphatic hydroxyl groups excluding tert-OH is 1. The lowest BCUT2D eigenvalue weighted by atomic mass is 9.95. The Bertz CT molecular complexity index is 282. The summed E-state index contributed by atoms with van der Waals surface area (Å²) in [5, 5.41) is 20.0. The van der Waals surface area contributed by atoms with E-state index >= 15 is 0 Å². The quantitative estimate of drug-likeness (QED) is 0.695. The van der Waals surface area contributed by atoms with E-state index in [4.69, 9.17) is 5.11 Å². The molecule has 1 rings (SSSR count). The number of aryl methyl sites for hydroxylation is 1. The molecule has 0 aliphatic rings. The van der Waals surface area contributed by atoms with Crippen molar-refractivity contribution in [2.75, 3.05) is 13.2 Å². The maximum atomic E-state index is 9.02. The van der Waals surface area contributed by atoms with E-state index in [2.05, 4.69) is 15.6 Å². The molecule has 0 aliphatic carbocycles. The molecule has 0 fully saturated rings. The van der Waals surface area contributed by atoms with E-state index in [1.54, 1.807) is 4.68 Å². The molecule has 0 radical (unpaired) electrons. The van der Waals surface area contributed by atoms with Gasteiger partial charge in [0.25, 0.3) is 0 Å². The maximum absolute atomic E-state index is 9.02. The highest BCUT2D eigenvalue weighted by Crippen LogP contribution is 2.11. The van der Waals surface area contributed by atoms with Crippen LogP contribution in [0.4, 0.5) is 0 Å². The molecule has 2 N–H and O–H groups in total. The number of aliphatic hydroxyl groups is 1. The molecule has 0 amide bonds. The molecule has 14 heavy (non-hydrogen) atoms. The smallest absolute Gasteiger partial charge is 0.0964 e. The van der Waals surface area contributed by atoms with Crippen molar-refractivity contribution >= 4 is 0 Å². The summed E-state index contributed by atoms with van der Waals surface area (Å²) in [5.41, 5.74) is 0.837. The Morgan fingerprint density at radius 2 is 2.29 bits per heavy atom. The Balaban J connectivity index is 2.28. The highest BCUT2D eigenvalue weighted by molar-refractivity contribution is 4.91. The van der Waals surface area contributed by atoms with Crippen LogP contribution in [0.2, 0.25) is 0 Å². The van der Waals surface area contributed by atoms with Gasteiger partial charge in [-0.2, -0.15) is 0 Å². The molecule has 1 aromatic heterocycles. The van der Waals surface area contributed by atoms with Crippen molar-refractivity contribution in [3.63, 3.8) is 0 Å². The molecule has 0 spiro atoms. The van der Waals surface area contributed by atoms with Crippen LogP contribution >= 0.6 is 0 Å². The van der Waals surface area contributed by atoms with Gasteiger partial charge in [-0.05, 0) is 0 Å². The molecule has 0 aliphatic heterocycles. The Labute approximate surface area is 84.1 Å². The van der Waals surface area contributed by atoms with E-state index in [0.29, 0.717) is 6.54 Å². The lowest BCUT2D eigenvalue weighted by Gasteiger charge is -2.21. The third kappa shape index (κ3) is 3.43. The fraction of sp³-hybridized carbons (Fsp3) is 0.778. The van der Waals surface area contributed by atoms with Gasteiger partial charge >= 0.3 is 0 Å². The normalized spacial score (nSPS) is 12.0. The molecule has 0 saturated heterocycles. The van der Waals surface area contributed by atoms with E-state index in [1.165, 1.54) is 0 Å². The molecule has 0 atom stereocenters. The van der Waals surface area contributed by atoms with Gasteiger partial charge in [0.15, 0.2) is 0 Å². The Kier molecular flexibility index (Phi) is 3.60. The predicted molar refractivity (Wildman–Crippen MR) is 53.6 cm³/mol. The Morgan fingerprint density at radius 3 is 2.79 bits per heavy atom. The summed E-state index contributed by atoms with van der Waals surface area (Å²) < 4.78 is 1.67. The van der Waals surface area contributed by atoms with Crippen molar-refractivity contribution in [2.45, 2.75) is 20.4 Å². The van der Waals surface area contributed by atoms with Crippen LogP contribution in [0.1, 0.15) is 19.5 Å². The van der Waals surface area contributed by atoms with Crippen LogP contribution in [0.25, 0.3) is 0 Å². The number of aromatic nitrogens is 3. The highest BCUT2D eigenvalue weighted by Gasteiger charge is 2.15. The van der Waals surface area contributed by atoms with Gasteiger partial charge in [0, 0.05) is 38.4 Å². The molecule has 1 aromatic rings. The van der Waals surface area contributed by atoms with Crippen LogP contribution in [0.5, 0.6) is 0 Å². The summed E-state index contributed by atoms with van der Waals surface area (Å²) in [5.74, 6) is 0. The van der Waals surface area contributed by atoms with Crippen molar-refractivity contribution in [3.8, 4) is 0 Å². The summed E-state index contributed by atoms with van der Waals surface area (Å²) in [6.07, 6.45) is 1.87. The third-order valence-corrected chi connectivity index (χ3v) is 1.99. The first-order valence-electron chi connectivity index (χ1n) is 4.70. The third-order valence-electron chi connectivity index (χ3n) is 1.99. The number of rotatable bonds is 5. The zero-order valence-electron chi connectivity index (χ0n) is 8.99. The van der Waals surface area contributed by atoms with Crippen LogP contribution in [0, 0.1) is 5.41 Å². The first-order chi connectivity index (χ1) is 6.53. The fourth-order valence-electron chi connectivity index (χ4n) is 1.06. The SMILES string of the molecule is Cn1cc(CNCC(C)(C)CO)nn1. The predicted octanol–water partition coefficient (Wildman–Crippen LogP) is -0.0768. The molecular weight excluding hydrogens is 180 g/mol. The second kappa shape index (κ2) is 4.52. The zero-order chi connectivity index (χ0) is 10.6. The monoisotopic (exact) mass is 198 g/mol. The number of nitrogens with one attached hydrogen (secondary N) is 1. The molecule has 5 nitrogen and oxygen atoms in total. The van der Waals surface area contributed by atoms with Crippen molar-refractivity contribution in [2.24, 2.45) is 12.5 Å². The van der Waals surface area contributed by atoms with Gasteiger partial charge in [0.2, 0.25) is 0 Å². The van der Waals surface area contributed by atoms with E-state index in [1.807, 2.05) is 27.1 Å². The molecule has 5 heteroatoms. The van der Waals surface area contributed by atoms with Gasteiger partial charge in [-0.3, -0.25) is 4.68 Å². The van der Waals surface area contributed by atoms with Gasteiger partial charge in [0.1, 0.15) is 0 Å². The molecule has 0 saturated carbocycles. The molecule has 0 unspecified atom stereocenters. The van der Waals surface area contributed by atoms with Crippen LogP contribution < -0.4 is 5.32 Å². The molecule has 80 valence electrons. The highest BCUT2D eigenvalue weighted by atomic mass is 16.3. The van der Waals surface area contributed by atoms with E-state index in [-0.39, 0.29) is 12.0 Å². The topological polar surface area (TPSA) is 63.0 Å².